The maximum absolute atomic E-state index is 12.0. The molecule has 25 heavy (non-hydrogen) atoms. The molecule has 3 rings (SSSR count). The van der Waals surface area contributed by atoms with Gasteiger partial charge in [-0.3, -0.25) is 14.9 Å². The van der Waals surface area contributed by atoms with Crippen LogP contribution < -0.4 is 5.32 Å². The molecule has 6 nitrogen and oxygen atoms in total. The highest BCUT2D eigenvalue weighted by atomic mass is 32.1. The average Bonchev–Trinajstić information content (AvgIpc) is 3.02. The number of benzene rings is 2. The predicted octanol–water partition coefficient (Wildman–Crippen LogP) is 3.50. The Hall–Kier alpha value is -2.80. The Labute approximate surface area is 148 Å². The number of aromatic nitrogens is 1. The molecule has 2 aromatic carbocycles. The number of hydrogen-bond donors (Lipinski definition) is 1. The summed E-state index contributed by atoms with van der Waals surface area (Å²) in [6.45, 7) is 0.523. The van der Waals surface area contributed by atoms with E-state index in [0.717, 1.165) is 28.1 Å². The molecular weight excluding hydrogens is 338 g/mol. The van der Waals surface area contributed by atoms with Gasteiger partial charge in [-0.2, -0.15) is 0 Å². The zero-order chi connectivity index (χ0) is 17.6. The van der Waals surface area contributed by atoms with E-state index in [1.54, 1.807) is 29.5 Å². The van der Waals surface area contributed by atoms with Crippen LogP contribution in [0, 0.1) is 10.1 Å². The van der Waals surface area contributed by atoms with E-state index in [2.05, 4.69) is 10.3 Å². The van der Waals surface area contributed by atoms with Crippen molar-refractivity contribution in [1.29, 1.82) is 0 Å². The smallest absolute Gasteiger partial charge is 0.273 e. The van der Waals surface area contributed by atoms with Crippen LogP contribution >= 0.6 is 11.3 Å². The van der Waals surface area contributed by atoms with Gasteiger partial charge in [-0.25, -0.2) is 4.98 Å². The average molecular weight is 355 g/mol. The lowest BCUT2D eigenvalue weighted by molar-refractivity contribution is -0.385. The maximum atomic E-state index is 12.0. The van der Waals surface area contributed by atoms with Gasteiger partial charge in [0, 0.05) is 24.6 Å². The molecule has 0 aliphatic heterocycles. The van der Waals surface area contributed by atoms with E-state index in [9.17, 15) is 14.9 Å². The largest absolute Gasteiger partial charge is 0.356 e. The van der Waals surface area contributed by atoms with Crippen molar-refractivity contribution in [2.75, 3.05) is 6.54 Å². The van der Waals surface area contributed by atoms with Gasteiger partial charge in [0.05, 0.1) is 26.6 Å². The van der Waals surface area contributed by atoms with E-state index in [4.69, 9.17) is 0 Å². The molecule has 0 spiro atoms. The van der Waals surface area contributed by atoms with Crippen molar-refractivity contribution in [2.45, 2.75) is 19.3 Å². The zero-order valence-electron chi connectivity index (χ0n) is 13.5. The van der Waals surface area contributed by atoms with Crippen LogP contribution in [0.2, 0.25) is 0 Å². The third-order valence-electron chi connectivity index (χ3n) is 3.77. The molecule has 1 amide bonds. The van der Waals surface area contributed by atoms with Crippen LogP contribution in [0.5, 0.6) is 0 Å². The fraction of sp³-hybridized carbons (Fsp3) is 0.222. The van der Waals surface area contributed by atoms with Gasteiger partial charge < -0.3 is 5.32 Å². The summed E-state index contributed by atoms with van der Waals surface area (Å²) in [6, 6.07) is 14.3. The standard InChI is InChI=1S/C18H17N3O3S/c22-17(12-13-6-1-3-8-15(13)21(23)24)19-11-5-10-18-20-14-7-2-4-9-16(14)25-18/h1-4,6-9H,5,10-12H2,(H,19,22). The van der Waals surface area contributed by atoms with Crippen molar-refractivity contribution in [2.24, 2.45) is 0 Å². The van der Waals surface area contributed by atoms with Crippen molar-refractivity contribution in [3.8, 4) is 0 Å². The molecule has 1 N–H and O–H groups in total. The second-order valence-corrected chi connectivity index (χ2v) is 6.71. The van der Waals surface area contributed by atoms with Gasteiger partial charge in [0.15, 0.2) is 0 Å². The van der Waals surface area contributed by atoms with Gasteiger partial charge in [0.25, 0.3) is 5.69 Å². The van der Waals surface area contributed by atoms with Crippen LogP contribution in [0.3, 0.4) is 0 Å². The zero-order valence-corrected chi connectivity index (χ0v) is 14.3. The summed E-state index contributed by atoms with van der Waals surface area (Å²) < 4.78 is 1.16. The van der Waals surface area contributed by atoms with E-state index in [0.29, 0.717) is 12.1 Å². The summed E-state index contributed by atoms with van der Waals surface area (Å²) in [4.78, 5) is 27.1. The van der Waals surface area contributed by atoms with Crippen LogP contribution in [-0.4, -0.2) is 22.4 Å². The molecule has 7 heteroatoms. The first-order valence-electron chi connectivity index (χ1n) is 7.97. The SMILES string of the molecule is O=C(Cc1ccccc1[N+](=O)[O-])NCCCc1nc2ccccc2s1. The van der Waals surface area contributed by atoms with E-state index in [1.807, 2.05) is 24.3 Å². The molecule has 128 valence electrons. The summed E-state index contributed by atoms with van der Waals surface area (Å²) in [5, 5.41) is 14.8. The van der Waals surface area contributed by atoms with Gasteiger partial charge in [0.2, 0.25) is 5.91 Å². The molecule has 1 heterocycles. The number of amides is 1. The summed E-state index contributed by atoms with van der Waals surface area (Å²) in [5.74, 6) is -0.210. The molecule has 0 unspecified atom stereocenters. The first-order chi connectivity index (χ1) is 12.1. The molecule has 0 fully saturated rings. The van der Waals surface area contributed by atoms with E-state index < -0.39 is 4.92 Å². The van der Waals surface area contributed by atoms with Crippen molar-refractivity contribution in [3.05, 3.63) is 69.2 Å². The van der Waals surface area contributed by atoms with Crippen LogP contribution in [0.4, 0.5) is 5.69 Å². The van der Waals surface area contributed by atoms with Crippen LogP contribution in [0.15, 0.2) is 48.5 Å². The molecule has 0 bridgehead atoms. The van der Waals surface area contributed by atoms with E-state index >= 15 is 0 Å². The molecule has 0 atom stereocenters. The highest BCUT2D eigenvalue weighted by Crippen LogP contribution is 2.22. The lowest BCUT2D eigenvalue weighted by Crippen LogP contribution is -2.26. The van der Waals surface area contributed by atoms with Crippen molar-refractivity contribution >= 4 is 33.1 Å². The van der Waals surface area contributed by atoms with E-state index in [1.165, 1.54) is 6.07 Å². The molecule has 0 aliphatic carbocycles. The number of thiazole rings is 1. The number of carbonyl (C=O) groups excluding carboxylic acids is 1. The first kappa shape index (κ1) is 17.0. The van der Waals surface area contributed by atoms with Crippen LogP contribution in [0.1, 0.15) is 17.0 Å². The second-order valence-electron chi connectivity index (χ2n) is 5.59. The van der Waals surface area contributed by atoms with Crippen molar-refractivity contribution < 1.29 is 9.72 Å². The quantitative estimate of drug-likeness (QED) is 0.399. The first-order valence-corrected chi connectivity index (χ1v) is 8.78. The summed E-state index contributed by atoms with van der Waals surface area (Å²) in [7, 11) is 0. The fourth-order valence-corrected chi connectivity index (χ4v) is 3.58. The summed E-state index contributed by atoms with van der Waals surface area (Å²) in [6.07, 6.45) is 1.59. The Morgan fingerprint density at radius 3 is 2.72 bits per heavy atom. The monoisotopic (exact) mass is 355 g/mol. The molecule has 0 aliphatic rings. The summed E-state index contributed by atoms with van der Waals surface area (Å²) >= 11 is 1.67. The van der Waals surface area contributed by atoms with Crippen LogP contribution in [-0.2, 0) is 17.6 Å². The second kappa shape index (κ2) is 7.85. The Balaban J connectivity index is 1.47. The number of hydrogen-bond acceptors (Lipinski definition) is 5. The minimum absolute atomic E-state index is 0.0122. The maximum Gasteiger partial charge on any atom is 0.273 e. The number of nitrogens with zero attached hydrogens (tertiary/aromatic N) is 2. The Morgan fingerprint density at radius 2 is 1.92 bits per heavy atom. The number of nitro benzene ring substituents is 1. The summed E-state index contributed by atoms with van der Waals surface area (Å²) in [5.41, 5.74) is 1.41. The van der Waals surface area contributed by atoms with Crippen LogP contribution in [0.25, 0.3) is 10.2 Å². The Bertz CT molecular complexity index is 874. The predicted molar refractivity (Wildman–Crippen MR) is 97.8 cm³/mol. The Kier molecular flexibility index (Phi) is 5.35. The number of carbonyl (C=O) groups is 1. The van der Waals surface area contributed by atoms with Gasteiger partial charge in [-0.15, -0.1) is 11.3 Å². The molecule has 1 aromatic heterocycles. The number of nitro groups is 1. The minimum atomic E-state index is -0.463. The number of fused-ring (bicyclic) bond motifs is 1. The van der Waals surface area contributed by atoms with Gasteiger partial charge >= 0.3 is 0 Å². The number of para-hydroxylation sites is 2. The molecule has 0 saturated carbocycles. The molecule has 0 saturated heterocycles. The lowest BCUT2D eigenvalue weighted by Gasteiger charge is -2.05. The highest BCUT2D eigenvalue weighted by molar-refractivity contribution is 7.18. The van der Waals surface area contributed by atoms with Gasteiger partial charge in [0.1, 0.15) is 0 Å². The van der Waals surface area contributed by atoms with Crippen molar-refractivity contribution in [3.63, 3.8) is 0 Å². The number of rotatable bonds is 7. The fourth-order valence-electron chi connectivity index (χ4n) is 2.57. The number of aryl methyl sites for hydroxylation is 1. The topological polar surface area (TPSA) is 85.1 Å². The van der Waals surface area contributed by atoms with E-state index in [-0.39, 0.29) is 18.0 Å². The van der Waals surface area contributed by atoms with Gasteiger partial charge in [-0.05, 0) is 18.6 Å². The molecular formula is C18H17N3O3S. The Morgan fingerprint density at radius 1 is 1.16 bits per heavy atom. The van der Waals surface area contributed by atoms with Gasteiger partial charge in [-0.1, -0.05) is 30.3 Å². The molecule has 3 aromatic rings. The third-order valence-corrected chi connectivity index (χ3v) is 4.86. The highest BCUT2D eigenvalue weighted by Gasteiger charge is 2.15. The number of nitrogens with one attached hydrogen (secondary N) is 1. The van der Waals surface area contributed by atoms with Crippen molar-refractivity contribution in [1.82, 2.24) is 10.3 Å². The minimum Gasteiger partial charge on any atom is -0.356 e. The molecule has 0 radical (unpaired) electrons. The third kappa shape index (κ3) is 4.39. The normalized spacial score (nSPS) is 10.7. The lowest BCUT2D eigenvalue weighted by atomic mass is 10.1.